The average Bonchev–Trinajstić information content (AvgIpc) is 3.28. The second-order valence-electron chi connectivity index (χ2n) is 7.87. The van der Waals surface area contributed by atoms with E-state index < -0.39 is 12.0 Å². The molecule has 0 aliphatic carbocycles. The maximum atomic E-state index is 12.1. The Morgan fingerprint density at radius 2 is 1.81 bits per heavy atom. The van der Waals surface area contributed by atoms with Gasteiger partial charge in [0.25, 0.3) is 0 Å². The number of nitrogens with one attached hydrogen (secondary N) is 1. The highest BCUT2D eigenvalue weighted by molar-refractivity contribution is 5.92. The first-order valence-electron chi connectivity index (χ1n) is 10.6. The van der Waals surface area contributed by atoms with Gasteiger partial charge in [0.05, 0.1) is 0 Å². The molecular weight excluding hydrogens is 404 g/mol. The third-order valence-corrected chi connectivity index (χ3v) is 5.63. The van der Waals surface area contributed by atoms with Crippen molar-refractivity contribution >= 4 is 17.7 Å². The second kappa shape index (κ2) is 10.1. The Hall–Kier alpha value is -3.71. The first-order valence-corrected chi connectivity index (χ1v) is 10.6. The van der Waals surface area contributed by atoms with E-state index in [1.807, 2.05) is 36.5 Å². The summed E-state index contributed by atoms with van der Waals surface area (Å²) < 4.78 is 5.25. The lowest BCUT2D eigenvalue weighted by Crippen LogP contribution is -2.22. The van der Waals surface area contributed by atoms with Crippen LogP contribution < -0.4 is 11.1 Å². The number of primary amides is 1. The van der Waals surface area contributed by atoms with Crippen molar-refractivity contribution in [3.8, 4) is 0 Å². The molecule has 2 amide bonds. The smallest absolute Gasteiger partial charge is 0.411 e. The van der Waals surface area contributed by atoms with Crippen LogP contribution in [0.4, 0.5) is 10.5 Å². The molecule has 0 saturated carbocycles. The largest absolute Gasteiger partial charge is 0.444 e. The van der Waals surface area contributed by atoms with Crippen molar-refractivity contribution in [2.45, 2.75) is 32.0 Å². The molecule has 0 unspecified atom stereocenters. The van der Waals surface area contributed by atoms with E-state index >= 15 is 0 Å². The first kappa shape index (κ1) is 21.5. The van der Waals surface area contributed by atoms with Gasteiger partial charge in [0.1, 0.15) is 6.61 Å². The van der Waals surface area contributed by atoms with Crippen LogP contribution in [-0.4, -0.2) is 28.4 Å². The van der Waals surface area contributed by atoms with E-state index in [0.29, 0.717) is 17.3 Å². The topological polar surface area (TPSA) is 97.6 Å². The van der Waals surface area contributed by atoms with Crippen LogP contribution >= 0.6 is 0 Å². The Kier molecular flexibility index (Phi) is 6.77. The van der Waals surface area contributed by atoms with Crippen molar-refractivity contribution in [3.63, 3.8) is 0 Å². The lowest BCUT2D eigenvalue weighted by atomic mass is 10.1. The number of hydrogen-bond acceptors (Lipinski definition) is 5. The molecule has 3 aromatic rings. The van der Waals surface area contributed by atoms with Crippen molar-refractivity contribution < 1.29 is 14.3 Å². The number of hydrogen-bond donors (Lipinski definition) is 2. The van der Waals surface area contributed by atoms with Gasteiger partial charge in [-0.25, -0.2) is 4.79 Å². The van der Waals surface area contributed by atoms with Crippen molar-refractivity contribution in [1.29, 1.82) is 0 Å². The number of anilines is 1. The van der Waals surface area contributed by atoms with Crippen molar-refractivity contribution in [2.24, 2.45) is 5.73 Å². The van der Waals surface area contributed by atoms with Crippen LogP contribution in [0.1, 0.15) is 45.9 Å². The van der Waals surface area contributed by atoms with Crippen LogP contribution in [0.5, 0.6) is 0 Å². The molecule has 1 saturated heterocycles. The molecular formula is C25H26N4O3. The fraction of sp³-hybridized carbons (Fsp3) is 0.240. The standard InChI is InChI=1S/C25H26N4O3/c26-24(30)20-9-5-19(6-10-20)17-32-25(31)28-22-11-7-18(8-12-22)16-29-14-2-4-23(29)21-3-1-13-27-15-21/h1,3,5-13,15,23H,2,4,14,16-17H2,(H2,26,30)(H,28,31)/t23-/m1/s1. The minimum Gasteiger partial charge on any atom is -0.444 e. The number of aromatic nitrogens is 1. The average molecular weight is 431 g/mol. The quantitative estimate of drug-likeness (QED) is 0.583. The SMILES string of the molecule is NC(=O)c1ccc(COC(=O)Nc2ccc(CN3CCC[C@@H]3c3cccnc3)cc2)cc1. The summed E-state index contributed by atoms with van der Waals surface area (Å²) >= 11 is 0. The lowest BCUT2D eigenvalue weighted by Gasteiger charge is -2.24. The fourth-order valence-electron chi connectivity index (χ4n) is 3.96. The molecule has 1 atom stereocenters. The Labute approximate surface area is 187 Å². The molecule has 0 bridgehead atoms. The predicted molar refractivity (Wildman–Crippen MR) is 122 cm³/mol. The Bertz CT molecular complexity index is 1050. The molecule has 4 rings (SSSR count). The van der Waals surface area contributed by atoms with Crippen LogP contribution in [0, 0.1) is 0 Å². The third-order valence-electron chi connectivity index (χ3n) is 5.63. The van der Waals surface area contributed by atoms with Gasteiger partial charge in [0.2, 0.25) is 5.91 Å². The zero-order valence-electron chi connectivity index (χ0n) is 17.7. The first-order chi connectivity index (χ1) is 15.6. The molecule has 2 aromatic carbocycles. The van der Waals surface area contributed by atoms with Gasteiger partial charge >= 0.3 is 6.09 Å². The second-order valence-corrected chi connectivity index (χ2v) is 7.87. The highest BCUT2D eigenvalue weighted by Gasteiger charge is 2.25. The summed E-state index contributed by atoms with van der Waals surface area (Å²) in [6.45, 7) is 2.02. The summed E-state index contributed by atoms with van der Waals surface area (Å²) in [4.78, 5) is 29.9. The van der Waals surface area contributed by atoms with Gasteiger partial charge in [-0.15, -0.1) is 0 Å². The zero-order valence-corrected chi connectivity index (χ0v) is 17.7. The van der Waals surface area contributed by atoms with Gasteiger partial charge in [-0.1, -0.05) is 30.3 Å². The molecule has 32 heavy (non-hydrogen) atoms. The molecule has 2 heterocycles. The lowest BCUT2D eigenvalue weighted by molar-refractivity contribution is 0.1000. The summed E-state index contributed by atoms with van der Waals surface area (Å²) in [5, 5.41) is 2.74. The van der Waals surface area contributed by atoms with Crippen LogP contribution in [0.15, 0.2) is 73.1 Å². The van der Waals surface area contributed by atoms with Crippen LogP contribution in [0.25, 0.3) is 0 Å². The monoisotopic (exact) mass is 430 g/mol. The number of ether oxygens (including phenoxy) is 1. The molecule has 1 aliphatic rings. The number of rotatable bonds is 7. The molecule has 1 fully saturated rings. The summed E-state index contributed by atoms with van der Waals surface area (Å²) in [7, 11) is 0. The van der Waals surface area contributed by atoms with E-state index in [2.05, 4.69) is 21.3 Å². The Balaban J connectivity index is 1.28. The summed E-state index contributed by atoms with van der Waals surface area (Å²) in [5.74, 6) is -0.490. The van der Waals surface area contributed by atoms with Crippen LogP contribution in [0.2, 0.25) is 0 Å². The van der Waals surface area contributed by atoms with Gasteiger partial charge in [0, 0.05) is 36.2 Å². The van der Waals surface area contributed by atoms with Crippen molar-refractivity contribution in [2.75, 3.05) is 11.9 Å². The summed E-state index contributed by atoms with van der Waals surface area (Å²) in [6, 6.07) is 19.0. The fourth-order valence-corrected chi connectivity index (χ4v) is 3.96. The normalized spacial score (nSPS) is 15.9. The Morgan fingerprint density at radius 1 is 1.06 bits per heavy atom. The molecule has 1 aromatic heterocycles. The molecule has 3 N–H and O–H groups in total. The van der Waals surface area contributed by atoms with Gasteiger partial charge in [0.15, 0.2) is 0 Å². The van der Waals surface area contributed by atoms with E-state index in [-0.39, 0.29) is 6.61 Å². The highest BCUT2D eigenvalue weighted by atomic mass is 16.5. The number of carbonyl (C=O) groups excluding carboxylic acids is 2. The third kappa shape index (κ3) is 5.50. The molecule has 1 aliphatic heterocycles. The van der Waals surface area contributed by atoms with Crippen LogP contribution in [-0.2, 0) is 17.9 Å². The van der Waals surface area contributed by atoms with Crippen molar-refractivity contribution in [3.05, 3.63) is 95.3 Å². The van der Waals surface area contributed by atoms with E-state index in [0.717, 1.165) is 25.1 Å². The number of amides is 2. The van der Waals surface area contributed by atoms with E-state index in [4.69, 9.17) is 10.5 Å². The number of benzene rings is 2. The van der Waals surface area contributed by atoms with Crippen LogP contribution in [0.3, 0.4) is 0 Å². The maximum Gasteiger partial charge on any atom is 0.411 e. The van der Waals surface area contributed by atoms with Gasteiger partial charge in [-0.3, -0.25) is 20.0 Å². The molecule has 0 spiro atoms. The molecule has 164 valence electrons. The number of nitrogens with zero attached hydrogens (tertiary/aromatic N) is 2. The van der Waals surface area contributed by atoms with E-state index in [1.54, 1.807) is 30.5 Å². The molecule has 7 nitrogen and oxygen atoms in total. The molecule has 0 radical (unpaired) electrons. The van der Waals surface area contributed by atoms with Crippen molar-refractivity contribution in [1.82, 2.24) is 9.88 Å². The number of pyridine rings is 1. The summed E-state index contributed by atoms with van der Waals surface area (Å²) in [5.41, 5.74) is 9.53. The maximum absolute atomic E-state index is 12.1. The number of nitrogens with two attached hydrogens (primary N) is 1. The highest BCUT2D eigenvalue weighted by Crippen LogP contribution is 2.32. The van der Waals surface area contributed by atoms with Gasteiger partial charge < -0.3 is 10.5 Å². The zero-order chi connectivity index (χ0) is 22.3. The van der Waals surface area contributed by atoms with Gasteiger partial charge in [-0.2, -0.15) is 0 Å². The minimum atomic E-state index is -0.534. The minimum absolute atomic E-state index is 0.105. The summed E-state index contributed by atoms with van der Waals surface area (Å²) in [6.07, 6.45) is 5.54. The number of carbonyl (C=O) groups is 2. The van der Waals surface area contributed by atoms with Gasteiger partial charge in [-0.05, 0) is 66.4 Å². The van der Waals surface area contributed by atoms with E-state index in [1.165, 1.54) is 17.5 Å². The predicted octanol–water partition coefficient (Wildman–Crippen LogP) is 4.27. The Morgan fingerprint density at radius 3 is 2.50 bits per heavy atom. The molecule has 7 heteroatoms. The number of likely N-dealkylation sites (tertiary alicyclic amines) is 1. The van der Waals surface area contributed by atoms with E-state index in [9.17, 15) is 9.59 Å².